The summed E-state index contributed by atoms with van der Waals surface area (Å²) in [6.45, 7) is 3.76. The molecule has 25 heavy (non-hydrogen) atoms. The maximum absolute atomic E-state index is 13.5. The summed E-state index contributed by atoms with van der Waals surface area (Å²) in [5, 5.41) is 0. The second-order valence-corrected chi connectivity index (χ2v) is 7.22. The quantitative estimate of drug-likeness (QED) is 0.935. The van der Waals surface area contributed by atoms with Crippen molar-refractivity contribution < 1.29 is 9.53 Å². The Kier molecular flexibility index (Phi) is 4.34. The number of morpholine rings is 1. The van der Waals surface area contributed by atoms with Gasteiger partial charge in [0.05, 0.1) is 18.6 Å². The minimum absolute atomic E-state index is 0.166. The minimum atomic E-state index is -0.359. The lowest BCUT2D eigenvalue weighted by Gasteiger charge is -2.39. The number of nitrogens with zero attached hydrogens (tertiary/aromatic N) is 2. The third kappa shape index (κ3) is 2.97. The van der Waals surface area contributed by atoms with Crippen molar-refractivity contribution in [2.75, 3.05) is 19.7 Å². The first-order valence-corrected chi connectivity index (χ1v) is 9.17. The number of rotatable bonds is 3. The van der Waals surface area contributed by atoms with E-state index in [4.69, 9.17) is 4.74 Å². The topological polar surface area (TPSA) is 58.2 Å². The van der Waals surface area contributed by atoms with E-state index in [1.165, 1.54) is 0 Å². The number of hydrogen-bond acceptors (Lipinski definition) is 3. The van der Waals surface area contributed by atoms with Crippen LogP contribution in [0.2, 0.25) is 0 Å². The summed E-state index contributed by atoms with van der Waals surface area (Å²) >= 11 is 0. The van der Waals surface area contributed by atoms with E-state index in [0.29, 0.717) is 19.7 Å². The summed E-state index contributed by atoms with van der Waals surface area (Å²) in [6.07, 6.45) is 5.76. The Labute approximate surface area is 148 Å². The number of H-pyrrole nitrogens is 1. The van der Waals surface area contributed by atoms with Crippen LogP contribution >= 0.6 is 0 Å². The predicted octanol–water partition coefficient (Wildman–Crippen LogP) is 3.13. The van der Waals surface area contributed by atoms with Gasteiger partial charge in [-0.05, 0) is 25.3 Å². The van der Waals surface area contributed by atoms with Crippen molar-refractivity contribution in [3.8, 4) is 0 Å². The van der Waals surface area contributed by atoms with Crippen molar-refractivity contribution in [3.63, 3.8) is 0 Å². The SMILES string of the molecule is Cc1cnc(C2CN(C(=O)C3(c4ccccc4)CCCC3)CCO2)[nH]1. The molecule has 4 rings (SSSR count). The van der Waals surface area contributed by atoms with Gasteiger partial charge in [0.2, 0.25) is 5.91 Å². The summed E-state index contributed by atoms with van der Waals surface area (Å²) in [7, 11) is 0. The van der Waals surface area contributed by atoms with Crippen LogP contribution in [0.4, 0.5) is 0 Å². The maximum Gasteiger partial charge on any atom is 0.233 e. The zero-order chi connectivity index (χ0) is 17.3. The van der Waals surface area contributed by atoms with E-state index in [9.17, 15) is 4.79 Å². The molecule has 1 saturated heterocycles. The molecule has 132 valence electrons. The first-order chi connectivity index (χ1) is 12.2. The lowest BCUT2D eigenvalue weighted by atomic mass is 9.77. The first kappa shape index (κ1) is 16.3. The third-order valence-corrected chi connectivity index (χ3v) is 5.57. The number of imidazole rings is 1. The normalized spacial score (nSPS) is 22.9. The largest absolute Gasteiger partial charge is 0.367 e. The highest BCUT2D eigenvalue weighted by molar-refractivity contribution is 5.88. The number of hydrogen-bond donors (Lipinski definition) is 1. The van der Waals surface area contributed by atoms with Crippen molar-refractivity contribution in [1.82, 2.24) is 14.9 Å². The number of carbonyl (C=O) groups is 1. The van der Waals surface area contributed by atoms with Crippen LogP contribution in [0, 0.1) is 6.92 Å². The number of aryl methyl sites for hydroxylation is 1. The van der Waals surface area contributed by atoms with E-state index in [0.717, 1.165) is 42.8 Å². The fourth-order valence-corrected chi connectivity index (χ4v) is 4.26. The molecule has 2 aromatic rings. The number of aromatic nitrogens is 2. The molecule has 1 atom stereocenters. The number of carbonyl (C=O) groups excluding carboxylic acids is 1. The Hall–Kier alpha value is -2.14. The highest BCUT2D eigenvalue weighted by Gasteiger charge is 2.45. The molecule has 2 aliphatic rings. The molecule has 1 aliphatic carbocycles. The molecule has 0 radical (unpaired) electrons. The van der Waals surface area contributed by atoms with Crippen LogP contribution in [0.1, 0.15) is 48.9 Å². The van der Waals surface area contributed by atoms with Gasteiger partial charge in [0.1, 0.15) is 11.9 Å². The van der Waals surface area contributed by atoms with Gasteiger partial charge in [-0.3, -0.25) is 4.79 Å². The maximum atomic E-state index is 13.5. The van der Waals surface area contributed by atoms with Crippen LogP contribution in [-0.4, -0.2) is 40.5 Å². The van der Waals surface area contributed by atoms with E-state index >= 15 is 0 Å². The van der Waals surface area contributed by atoms with E-state index in [1.54, 1.807) is 0 Å². The Morgan fingerprint density at radius 3 is 2.72 bits per heavy atom. The average molecular weight is 339 g/mol. The monoisotopic (exact) mass is 339 g/mol. The molecule has 1 N–H and O–H groups in total. The summed E-state index contributed by atoms with van der Waals surface area (Å²) in [6, 6.07) is 10.3. The molecule has 5 nitrogen and oxygen atoms in total. The molecule has 1 amide bonds. The van der Waals surface area contributed by atoms with Crippen LogP contribution in [0.5, 0.6) is 0 Å². The Morgan fingerprint density at radius 1 is 1.28 bits per heavy atom. The Bertz CT molecular complexity index is 734. The lowest BCUT2D eigenvalue weighted by molar-refractivity contribution is -0.145. The minimum Gasteiger partial charge on any atom is -0.367 e. The number of ether oxygens (including phenoxy) is 1. The summed E-state index contributed by atoms with van der Waals surface area (Å²) in [5.74, 6) is 1.07. The fraction of sp³-hybridized carbons (Fsp3) is 0.500. The third-order valence-electron chi connectivity index (χ3n) is 5.57. The van der Waals surface area contributed by atoms with Crippen molar-refractivity contribution in [2.45, 2.75) is 44.1 Å². The molecule has 1 aromatic carbocycles. The van der Waals surface area contributed by atoms with Crippen molar-refractivity contribution in [1.29, 1.82) is 0 Å². The van der Waals surface area contributed by atoms with Crippen molar-refractivity contribution in [2.24, 2.45) is 0 Å². The molecule has 2 heterocycles. The van der Waals surface area contributed by atoms with Gasteiger partial charge in [0.15, 0.2) is 0 Å². The molecule has 0 spiro atoms. The molecule has 2 fully saturated rings. The van der Waals surface area contributed by atoms with Gasteiger partial charge in [0.25, 0.3) is 0 Å². The number of amides is 1. The van der Waals surface area contributed by atoms with Gasteiger partial charge in [-0.2, -0.15) is 0 Å². The molecule has 1 aromatic heterocycles. The highest BCUT2D eigenvalue weighted by Crippen LogP contribution is 2.43. The second-order valence-electron chi connectivity index (χ2n) is 7.22. The standard InChI is InChI=1S/C20H25N3O2/c1-15-13-21-18(22-15)17-14-23(11-12-25-17)19(24)20(9-5-6-10-20)16-7-3-2-4-8-16/h2-4,7-8,13,17H,5-6,9-12,14H2,1H3,(H,21,22). The molecule has 1 unspecified atom stereocenters. The summed E-state index contributed by atoms with van der Waals surface area (Å²) in [4.78, 5) is 23.2. The van der Waals surface area contributed by atoms with Crippen LogP contribution in [0.15, 0.2) is 36.5 Å². The Morgan fingerprint density at radius 2 is 2.04 bits per heavy atom. The van der Waals surface area contributed by atoms with Crippen LogP contribution in [0.25, 0.3) is 0 Å². The van der Waals surface area contributed by atoms with E-state index in [1.807, 2.05) is 36.2 Å². The molecular formula is C20H25N3O2. The van der Waals surface area contributed by atoms with Crippen molar-refractivity contribution >= 4 is 5.91 Å². The molecule has 5 heteroatoms. The number of nitrogens with one attached hydrogen (secondary N) is 1. The van der Waals surface area contributed by atoms with E-state index in [2.05, 4.69) is 22.1 Å². The molecular weight excluding hydrogens is 314 g/mol. The zero-order valence-corrected chi connectivity index (χ0v) is 14.7. The lowest BCUT2D eigenvalue weighted by Crippen LogP contribution is -2.50. The smallest absolute Gasteiger partial charge is 0.233 e. The van der Waals surface area contributed by atoms with Crippen LogP contribution in [0.3, 0.4) is 0 Å². The van der Waals surface area contributed by atoms with Gasteiger partial charge in [-0.15, -0.1) is 0 Å². The van der Waals surface area contributed by atoms with Gasteiger partial charge in [0, 0.05) is 18.4 Å². The van der Waals surface area contributed by atoms with Gasteiger partial charge >= 0.3 is 0 Å². The molecule has 1 aliphatic heterocycles. The average Bonchev–Trinajstić information content (AvgIpc) is 3.32. The van der Waals surface area contributed by atoms with Gasteiger partial charge in [-0.1, -0.05) is 43.2 Å². The zero-order valence-electron chi connectivity index (χ0n) is 14.7. The van der Waals surface area contributed by atoms with Gasteiger partial charge < -0.3 is 14.6 Å². The molecule has 0 bridgehead atoms. The summed E-state index contributed by atoms with van der Waals surface area (Å²) in [5.41, 5.74) is 1.82. The van der Waals surface area contributed by atoms with Crippen LogP contribution in [-0.2, 0) is 14.9 Å². The number of benzene rings is 1. The highest BCUT2D eigenvalue weighted by atomic mass is 16.5. The Balaban J connectivity index is 1.58. The second kappa shape index (κ2) is 6.64. The fourth-order valence-electron chi connectivity index (χ4n) is 4.26. The van der Waals surface area contributed by atoms with Crippen LogP contribution < -0.4 is 0 Å². The molecule has 1 saturated carbocycles. The van der Waals surface area contributed by atoms with Crippen molar-refractivity contribution in [3.05, 3.63) is 53.6 Å². The number of aromatic amines is 1. The van der Waals surface area contributed by atoms with E-state index in [-0.39, 0.29) is 17.4 Å². The summed E-state index contributed by atoms with van der Waals surface area (Å²) < 4.78 is 5.87. The predicted molar refractivity (Wildman–Crippen MR) is 95.2 cm³/mol. The first-order valence-electron chi connectivity index (χ1n) is 9.17. The van der Waals surface area contributed by atoms with E-state index < -0.39 is 0 Å². The van der Waals surface area contributed by atoms with Gasteiger partial charge in [-0.25, -0.2) is 4.98 Å².